The molecule has 2 rings (SSSR count). The number of hydrogen-bond acceptors (Lipinski definition) is 4. The standard InChI is InChI=1S/C15H19N3O3S/c1-10-5-6-13(22-10)11(2)18-14(19)9-17-15(20)16-8-12-4-3-7-21-12/h3-7,11H,8-9H2,1-2H3,(H,18,19)(H2,16,17,20). The van der Waals surface area contributed by atoms with Crippen molar-refractivity contribution in [3.05, 3.63) is 46.0 Å². The van der Waals surface area contributed by atoms with E-state index in [9.17, 15) is 9.59 Å². The van der Waals surface area contributed by atoms with Gasteiger partial charge in [-0.25, -0.2) is 4.79 Å². The molecule has 6 nitrogen and oxygen atoms in total. The monoisotopic (exact) mass is 321 g/mol. The van der Waals surface area contributed by atoms with Gasteiger partial charge in [-0.05, 0) is 38.1 Å². The fourth-order valence-electron chi connectivity index (χ4n) is 1.85. The van der Waals surface area contributed by atoms with Crippen molar-refractivity contribution in [1.29, 1.82) is 0 Å². The second-order valence-electron chi connectivity index (χ2n) is 4.85. The zero-order valence-corrected chi connectivity index (χ0v) is 13.3. The van der Waals surface area contributed by atoms with Crippen molar-refractivity contribution in [3.63, 3.8) is 0 Å². The highest BCUT2D eigenvalue weighted by Gasteiger charge is 2.12. The van der Waals surface area contributed by atoms with Crippen LogP contribution in [0.25, 0.3) is 0 Å². The van der Waals surface area contributed by atoms with Gasteiger partial charge in [0.25, 0.3) is 0 Å². The van der Waals surface area contributed by atoms with Crippen LogP contribution in [-0.2, 0) is 11.3 Å². The Balaban J connectivity index is 1.67. The second-order valence-corrected chi connectivity index (χ2v) is 6.17. The molecule has 0 aromatic carbocycles. The fourth-order valence-corrected chi connectivity index (χ4v) is 2.73. The van der Waals surface area contributed by atoms with Crippen LogP contribution in [0.3, 0.4) is 0 Å². The van der Waals surface area contributed by atoms with E-state index in [4.69, 9.17) is 4.42 Å². The summed E-state index contributed by atoms with van der Waals surface area (Å²) in [6.45, 7) is 4.15. The molecule has 3 N–H and O–H groups in total. The van der Waals surface area contributed by atoms with E-state index in [0.717, 1.165) is 4.88 Å². The Bertz CT molecular complexity index is 622. The van der Waals surface area contributed by atoms with Crippen molar-refractivity contribution in [2.75, 3.05) is 6.54 Å². The number of aryl methyl sites for hydroxylation is 1. The van der Waals surface area contributed by atoms with Crippen LogP contribution >= 0.6 is 11.3 Å². The summed E-state index contributed by atoms with van der Waals surface area (Å²) in [7, 11) is 0. The first kappa shape index (κ1) is 16.1. The summed E-state index contributed by atoms with van der Waals surface area (Å²) in [4.78, 5) is 25.7. The summed E-state index contributed by atoms with van der Waals surface area (Å²) in [6.07, 6.45) is 1.54. The van der Waals surface area contributed by atoms with Crippen molar-refractivity contribution in [3.8, 4) is 0 Å². The van der Waals surface area contributed by atoms with Gasteiger partial charge in [-0.1, -0.05) is 0 Å². The number of carbonyl (C=O) groups excluding carboxylic acids is 2. The van der Waals surface area contributed by atoms with Crippen LogP contribution in [0.1, 0.15) is 28.5 Å². The Hall–Kier alpha value is -2.28. The largest absolute Gasteiger partial charge is 0.467 e. The quantitative estimate of drug-likeness (QED) is 0.763. The molecule has 0 radical (unpaired) electrons. The third kappa shape index (κ3) is 4.92. The van der Waals surface area contributed by atoms with Crippen LogP contribution in [0.5, 0.6) is 0 Å². The van der Waals surface area contributed by atoms with Crippen LogP contribution < -0.4 is 16.0 Å². The number of carbonyl (C=O) groups is 2. The molecule has 22 heavy (non-hydrogen) atoms. The summed E-state index contributed by atoms with van der Waals surface area (Å²) in [5.74, 6) is 0.424. The van der Waals surface area contributed by atoms with Gasteiger partial charge in [0.15, 0.2) is 0 Å². The van der Waals surface area contributed by atoms with Crippen molar-refractivity contribution >= 4 is 23.3 Å². The van der Waals surface area contributed by atoms with Crippen molar-refractivity contribution in [2.24, 2.45) is 0 Å². The highest BCUT2D eigenvalue weighted by atomic mass is 32.1. The van der Waals surface area contributed by atoms with E-state index in [0.29, 0.717) is 5.76 Å². The average Bonchev–Trinajstić information content (AvgIpc) is 3.14. The summed E-state index contributed by atoms with van der Waals surface area (Å²) < 4.78 is 5.09. The Labute approximate surface area is 132 Å². The van der Waals surface area contributed by atoms with Crippen LogP contribution in [0, 0.1) is 6.92 Å². The lowest BCUT2D eigenvalue weighted by atomic mass is 10.2. The zero-order chi connectivity index (χ0) is 15.9. The maximum Gasteiger partial charge on any atom is 0.315 e. The number of urea groups is 1. The zero-order valence-electron chi connectivity index (χ0n) is 12.5. The first-order chi connectivity index (χ1) is 10.5. The minimum atomic E-state index is -0.411. The number of thiophene rings is 1. The molecule has 0 aliphatic heterocycles. The lowest BCUT2D eigenvalue weighted by molar-refractivity contribution is -0.120. The molecule has 2 aromatic heterocycles. The number of furan rings is 1. The Morgan fingerprint density at radius 3 is 2.73 bits per heavy atom. The highest BCUT2D eigenvalue weighted by Crippen LogP contribution is 2.21. The van der Waals surface area contributed by atoms with E-state index in [-0.39, 0.29) is 25.0 Å². The molecule has 0 saturated carbocycles. The Morgan fingerprint density at radius 1 is 1.27 bits per heavy atom. The molecule has 0 bridgehead atoms. The van der Waals surface area contributed by atoms with Gasteiger partial charge in [0.1, 0.15) is 5.76 Å². The van der Waals surface area contributed by atoms with Gasteiger partial charge >= 0.3 is 6.03 Å². The van der Waals surface area contributed by atoms with Gasteiger partial charge < -0.3 is 20.4 Å². The van der Waals surface area contributed by atoms with E-state index in [1.807, 2.05) is 26.0 Å². The molecule has 7 heteroatoms. The van der Waals surface area contributed by atoms with Gasteiger partial charge in [-0.2, -0.15) is 0 Å². The molecule has 2 aromatic rings. The lowest BCUT2D eigenvalue weighted by Gasteiger charge is -2.13. The van der Waals surface area contributed by atoms with Crippen LogP contribution in [-0.4, -0.2) is 18.5 Å². The van der Waals surface area contributed by atoms with E-state index >= 15 is 0 Å². The van der Waals surface area contributed by atoms with Crippen molar-refractivity contribution in [2.45, 2.75) is 26.4 Å². The first-order valence-corrected chi connectivity index (χ1v) is 7.76. The lowest BCUT2D eigenvalue weighted by Crippen LogP contribution is -2.42. The Kier molecular flexibility index (Phi) is 5.60. The summed E-state index contributed by atoms with van der Waals surface area (Å²) in [5, 5.41) is 7.96. The molecule has 118 valence electrons. The normalized spacial score (nSPS) is 11.7. The summed E-state index contributed by atoms with van der Waals surface area (Å²) in [6, 6.07) is 7.04. The predicted octanol–water partition coefficient (Wildman–Crippen LogP) is 2.33. The van der Waals surface area contributed by atoms with Crippen molar-refractivity contribution in [1.82, 2.24) is 16.0 Å². The van der Waals surface area contributed by atoms with Crippen LogP contribution in [0.15, 0.2) is 34.9 Å². The summed E-state index contributed by atoms with van der Waals surface area (Å²) >= 11 is 1.64. The minimum Gasteiger partial charge on any atom is -0.467 e. The molecule has 3 amide bonds. The van der Waals surface area contributed by atoms with Crippen LogP contribution in [0.4, 0.5) is 4.79 Å². The van der Waals surface area contributed by atoms with Gasteiger partial charge in [0, 0.05) is 9.75 Å². The number of nitrogens with one attached hydrogen (secondary N) is 3. The molecule has 1 atom stereocenters. The molecular formula is C15H19N3O3S. The summed E-state index contributed by atoms with van der Waals surface area (Å²) in [5.41, 5.74) is 0. The SMILES string of the molecule is Cc1ccc(C(C)NC(=O)CNC(=O)NCc2ccco2)s1. The fraction of sp³-hybridized carbons (Fsp3) is 0.333. The smallest absolute Gasteiger partial charge is 0.315 e. The molecule has 0 aliphatic rings. The maximum atomic E-state index is 11.8. The van der Waals surface area contributed by atoms with E-state index in [1.165, 1.54) is 11.1 Å². The molecule has 0 spiro atoms. The third-order valence-electron chi connectivity index (χ3n) is 2.98. The topological polar surface area (TPSA) is 83.4 Å². The van der Waals surface area contributed by atoms with Gasteiger partial charge in [-0.15, -0.1) is 11.3 Å². The van der Waals surface area contributed by atoms with Gasteiger partial charge in [-0.3, -0.25) is 4.79 Å². The molecule has 0 saturated heterocycles. The maximum absolute atomic E-state index is 11.8. The van der Waals surface area contributed by atoms with Crippen molar-refractivity contribution < 1.29 is 14.0 Å². The highest BCUT2D eigenvalue weighted by molar-refractivity contribution is 7.12. The molecule has 1 unspecified atom stereocenters. The molecule has 2 heterocycles. The van der Waals surface area contributed by atoms with E-state index in [1.54, 1.807) is 23.5 Å². The molecule has 0 fully saturated rings. The van der Waals surface area contributed by atoms with Gasteiger partial charge in [0.05, 0.1) is 25.4 Å². The second kappa shape index (κ2) is 7.65. The third-order valence-corrected chi connectivity index (χ3v) is 4.16. The molecular weight excluding hydrogens is 302 g/mol. The minimum absolute atomic E-state index is 0.0702. The molecule has 0 aliphatic carbocycles. The predicted molar refractivity (Wildman–Crippen MR) is 84.6 cm³/mol. The first-order valence-electron chi connectivity index (χ1n) is 6.94. The number of hydrogen-bond donors (Lipinski definition) is 3. The number of rotatable bonds is 6. The van der Waals surface area contributed by atoms with Crippen LogP contribution in [0.2, 0.25) is 0 Å². The van der Waals surface area contributed by atoms with E-state index in [2.05, 4.69) is 16.0 Å². The number of amides is 3. The van der Waals surface area contributed by atoms with E-state index < -0.39 is 6.03 Å². The Morgan fingerprint density at radius 2 is 2.09 bits per heavy atom. The van der Waals surface area contributed by atoms with Gasteiger partial charge in [0.2, 0.25) is 5.91 Å². The average molecular weight is 321 g/mol.